The highest BCUT2D eigenvalue weighted by Gasteiger charge is 2.30. The standard InChI is InChI=1S/C22H30FN3O/c1-3-4-11-16-26-21(19-13-8-5-9-14-19)17-20(25-26)22(27)24-15-10-6-7-12-18(2)23/h5,7-9,12-14,21H,2-4,6,10-11,15-17H2,1H3,(H,24,27)/b12-7-. The summed E-state index contributed by atoms with van der Waals surface area (Å²) in [6.07, 6.45) is 8.55. The third kappa shape index (κ3) is 7.00. The molecule has 0 aliphatic carbocycles. The van der Waals surface area contributed by atoms with Crippen molar-refractivity contribution in [3.8, 4) is 0 Å². The van der Waals surface area contributed by atoms with E-state index in [9.17, 15) is 9.18 Å². The number of carbonyl (C=O) groups excluding carboxylic acids is 1. The van der Waals surface area contributed by atoms with Crippen LogP contribution in [0.2, 0.25) is 0 Å². The van der Waals surface area contributed by atoms with Crippen molar-refractivity contribution in [2.24, 2.45) is 5.10 Å². The number of hydrogen-bond acceptors (Lipinski definition) is 3. The van der Waals surface area contributed by atoms with E-state index < -0.39 is 5.83 Å². The highest BCUT2D eigenvalue weighted by Crippen LogP contribution is 2.30. The first kappa shape index (κ1) is 20.9. The number of benzene rings is 1. The molecule has 0 aromatic heterocycles. The van der Waals surface area contributed by atoms with Crippen LogP contribution in [0.15, 0.2) is 60.0 Å². The van der Waals surface area contributed by atoms with Gasteiger partial charge in [-0.15, -0.1) is 0 Å². The molecule has 2 rings (SSSR count). The highest BCUT2D eigenvalue weighted by molar-refractivity contribution is 6.39. The van der Waals surface area contributed by atoms with Gasteiger partial charge in [0.15, 0.2) is 0 Å². The smallest absolute Gasteiger partial charge is 0.267 e. The summed E-state index contributed by atoms with van der Waals surface area (Å²) in [5.41, 5.74) is 1.78. The predicted molar refractivity (Wildman–Crippen MR) is 109 cm³/mol. The molecule has 0 bridgehead atoms. The second-order valence-corrected chi connectivity index (χ2v) is 6.79. The number of halogens is 1. The number of nitrogens with zero attached hydrogens (tertiary/aromatic N) is 2. The Morgan fingerprint density at radius 2 is 2.11 bits per heavy atom. The first-order valence-electron chi connectivity index (χ1n) is 9.80. The van der Waals surface area contributed by atoms with Gasteiger partial charge in [0.05, 0.1) is 6.04 Å². The normalized spacial score (nSPS) is 16.6. The van der Waals surface area contributed by atoms with Gasteiger partial charge in [0.25, 0.3) is 5.91 Å². The van der Waals surface area contributed by atoms with Crippen LogP contribution in [0.25, 0.3) is 0 Å². The number of carbonyl (C=O) groups is 1. The summed E-state index contributed by atoms with van der Waals surface area (Å²) in [6.45, 7) is 6.77. The minimum atomic E-state index is -0.450. The zero-order chi connectivity index (χ0) is 19.5. The topological polar surface area (TPSA) is 44.7 Å². The zero-order valence-corrected chi connectivity index (χ0v) is 16.2. The maximum atomic E-state index is 12.5. The molecular formula is C22H30FN3O. The van der Waals surface area contributed by atoms with E-state index in [1.807, 2.05) is 18.2 Å². The van der Waals surface area contributed by atoms with Gasteiger partial charge in [-0.2, -0.15) is 5.10 Å². The van der Waals surface area contributed by atoms with Gasteiger partial charge < -0.3 is 5.32 Å². The second-order valence-electron chi connectivity index (χ2n) is 6.79. The van der Waals surface area contributed by atoms with Crippen LogP contribution in [0.1, 0.15) is 57.1 Å². The number of hydrogen-bond donors (Lipinski definition) is 1. The Kier molecular flexibility index (Phi) is 8.75. The second kappa shape index (κ2) is 11.3. The monoisotopic (exact) mass is 371 g/mol. The minimum absolute atomic E-state index is 0.104. The van der Waals surface area contributed by atoms with Crippen molar-refractivity contribution in [3.05, 3.63) is 60.5 Å². The molecule has 1 aliphatic heterocycles. The van der Waals surface area contributed by atoms with Crippen molar-refractivity contribution in [2.45, 2.75) is 51.5 Å². The number of nitrogens with one attached hydrogen (secondary N) is 1. The Hall–Kier alpha value is -2.43. The van der Waals surface area contributed by atoms with Crippen LogP contribution in [0.4, 0.5) is 4.39 Å². The van der Waals surface area contributed by atoms with Gasteiger partial charge in [0.1, 0.15) is 11.5 Å². The van der Waals surface area contributed by atoms with Crippen molar-refractivity contribution in [1.82, 2.24) is 10.3 Å². The lowest BCUT2D eigenvalue weighted by molar-refractivity contribution is -0.114. The van der Waals surface area contributed by atoms with Crippen LogP contribution in [0.3, 0.4) is 0 Å². The Morgan fingerprint density at radius 1 is 1.33 bits per heavy atom. The van der Waals surface area contributed by atoms with Crippen molar-refractivity contribution >= 4 is 11.6 Å². The molecule has 0 saturated heterocycles. The average molecular weight is 372 g/mol. The fourth-order valence-corrected chi connectivity index (χ4v) is 3.12. The molecular weight excluding hydrogens is 341 g/mol. The fourth-order valence-electron chi connectivity index (χ4n) is 3.12. The van der Waals surface area contributed by atoms with E-state index in [0.29, 0.717) is 25.1 Å². The third-order valence-electron chi connectivity index (χ3n) is 4.56. The maximum absolute atomic E-state index is 12.5. The molecule has 1 aromatic carbocycles. The van der Waals surface area contributed by atoms with Crippen molar-refractivity contribution in [3.63, 3.8) is 0 Å². The van der Waals surface area contributed by atoms with Crippen LogP contribution in [-0.2, 0) is 4.79 Å². The van der Waals surface area contributed by atoms with Crippen molar-refractivity contribution in [2.75, 3.05) is 13.1 Å². The summed E-state index contributed by atoms with van der Waals surface area (Å²) in [5.74, 6) is -0.553. The molecule has 5 heteroatoms. The quantitative estimate of drug-likeness (QED) is 0.443. The van der Waals surface area contributed by atoms with Gasteiger partial charge in [-0.25, -0.2) is 4.39 Å². The van der Waals surface area contributed by atoms with Gasteiger partial charge >= 0.3 is 0 Å². The van der Waals surface area contributed by atoms with E-state index in [1.54, 1.807) is 6.08 Å². The molecule has 0 saturated carbocycles. The predicted octanol–water partition coefficient (Wildman–Crippen LogP) is 4.92. The van der Waals surface area contributed by atoms with Gasteiger partial charge in [0, 0.05) is 19.5 Å². The summed E-state index contributed by atoms with van der Waals surface area (Å²) in [7, 11) is 0. The lowest BCUT2D eigenvalue weighted by Crippen LogP contribution is -2.31. The molecule has 1 N–H and O–H groups in total. The van der Waals surface area contributed by atoms with Crippen LogP contribution in [-0.4, -0.2) is 29.7 Å². The van der Waals surface area contributed by atoms with Gasteiger partial charge in [-0.1, -0.05) is 62.8 Å². The number of hydrazone groups is 1. The van der Waals surface area contributed by atoms with E-state index in [2.05, 4.69) is 41.1 Å². The molecule has 0 spiro atoms. The third-order valence-corrected chi connectivity index (χ3v) is 4.56. The summed E-state index contributed by atoms with van der Waals surface area (Å²) in [4.78, 5) is 12.5. The molecule has 0 fully saturated rings. The molecule has 0 radical (unpaired) electrons. The Morgan fingerprint density at radius 3 is 2.81 bits per heavy atom. The molecule has 146 valence electrons. The van der Waals surface area contributed by atoms with Crippen molar-refractivity contribution < 1.29 is 9.18 Å². The molecule has 1 aliphatic rings. The number of allylic oxidation sites excluding steroid dienone is 3. The molecule has 4 nitrogen and oxygen atoms in total. The van der Waals surface area contributed by atoms with Crippen LogP contribution in [0, 0.1) is 0 Å². The van der Waals surface area contributed by atoms with Crippen molar-refractivity contribution in [1.29, 1.82) is 0 Å². The largest absolute Gasteiger partial charge is 0.351 e. The van der Waals surface area contributed by atoms with Gasteiger partial charge in [-0.05, 0) is 30.9 Å². The number of rotatable bonds is 11. The molecule has 1 unspecified atom stereocenters. The van der Waals surface area contributed by atoms with E-state index in [1.165, 1.54) is 11.6 Å². The van der Waals surface area contributed by atoms with Crippen LogP contribution in [0.5, 0.6) is 0 Å². The fraction of sp³-hybridized carbons (Fsp3) is 0.455. The van der Waals surface area contributed by atoms with E-state index >= 15 is 0 Å². The van der Waals surface area contributed by atoms with Crippen LogP contribution >= 0.6 is 0 Å². The summed E-state index contributed by atoms with van der Waals surface area (Å²) in [5, 5.41) is 9.61. The first-order valence-corrected chi connectivity index (χ1v) is 9.80. The number of amides is 1. The first-order chi connectivity index (χ1) is 13.1. The van der Waals surface area contributed by atoms with Gasteiger partial charge in [0.2, 0.25) is 0 Å². The van der Waals surface area contributed by atoms with E-state index in [0.717, 1.165) is 32.2 Å². The molecule has 1 heterocycles. The van der Waals surface area contributed by atoms with E-state index in [4.69, 9.17) is 0 Å². The minimum Gasteiger partial charge on any atom is -0.351 e. The molecule has 1 atom stereocenters. The van der Waals surface area contributed by atoms with Crippen LogP contribution < -0.4 is 5.32 Å². The number of unbranched alkanes of at least 4 members (excludes halogenated alkanes) is 3. The Labute approximate surface area is 161 Å². The molecule has 1 amide bonds. The zero-order valence-electron chi connectivity index (χ0n) is 16.2. The summed E-state index contributed by atoms with van der Waals surface area (Å²) < 4.78 is 12.5. The van der Waals surface area contributed by atoms with E-state index in [-0.39, 0.29) is 11.9 Å². The summed E-state index contributed by atoms with van der Waals surface area (Å²) in [6, 6.07) is 10.4. The highest BCUT2D eigenvalue weighted by atomic mass is 19.1. The molecule has 1 aromatic rings. The lowest BCUT2D eigenvalue weighted by Gasteiger charge is -2.23. The maximum Gasteiger partial charge on any atom is 0.267 e. The Balaban J connectivity index is 1.89. The average Bonchev–Trinajstić information content (AvgIpc) is 3.09. The SMILES string of the molecule is C=C(F)/C=C\CCCNC(=O)C1=NN(CCCCC)C(c2ccccc2)C1. The lowest BCUT2D eigenvalue weighted by atomic mass is 10.0. The summed E-state index contributed by atoms with van der Waals surface area (Å²) >= 11 is 0. The van der Waals surface area contributed by atoms with Gasteiger partial charge in [-0.3, -0.25) is 9.80 Å². The Bertz CT molecular complexity index is 669. The molecule has 27 heavy (non-hydrogen) atoms.